The van der Waals surface area contributed by atoms with E-state index in [2.05, 4.69) is 52.0 Å². The van der Waals surface area contributed by atoms with E-state index in [4.69, 9.17) is 9.47 Å². The van der Waals surface area contributed by atoms with Crippen LogP contribution in [0, 0.1) is 6.92 Å². The van der Waals surface area contributed by atoms with E-state index in [1.807, 2.05) is 0 Å². The molecule has 23 heavy (non-hydrogen) atoms. The van der Waals surface area contributed by atoms with Crippen LogP contribution in [0.25, 0.3) is 0 Å². The first-order chi connectivity index (χ1) is 11.0. The number of allylic oxidation sites excluding steroid dienone is 2. The van der Waals surface area contributed by atoms with Gasteiger partial charge in [-0.15, -0.1) is 0 Å². The van der Waals surface area contributed by atoms with Gasteiger partial charge in [0.15, 0.2) is 0 Å². The molecule has 1 aromatic rings. The van der Waals surface area contributed by atoms with Crippen LogP contribution in [0.4, 0.5) is 0 Å². The highest BCUT2D eigenvalue weighted by Crippen LogP contribution is 2.36. The second-order valence-electron chi connectivity index (χ2n) is 7.41. The lowest BCUT2D eigenvalue weighted by Crippen LogP contribution is -2.32. The van der Waals surface area contributed by atoms with Crippen LogP contribution in [0.1, 0.15) is 51.2 Å². The molecule has 0 N–H and O–H groups in total. The molecule has 2 aliphatic heterocycles. The molecule has 124 valence electrons. The molecule has 1 fully saturated rings. The Morgan fingerprint density at radius 3 is 2.70 bits per heavy atom. The van der Waals surface area contributed by atoms with Crippen LogP contribution in [-0.2, 0) is 11.2 Å². The lowest BCUT2D eigenvalue weighted by Gasteiger charge is -2.36. The van der Waals surface area contributed by atoms with Crippen LogP contribution in [0.15, 0.2) is 41.0 Å². The molecule has 4 rings (SSSR count). The van der Waals surface area contributed by atoms with E-state index in [9.17, 15) is 0 Å². The maximum absolute atomic E-state index is 5.81. The molecule has 2 nitrogen and oxygen atoms in total. The quantitative estimate of drug-likeness (QED) is 0.659. The van der Waals surface area contributed by atoms with E-state index in [1.165, 1.54) is 35.1 Å². The van der Waals surface area contributed by atoms with Crippen LogP contribution in [-0.4, -0.2) is 18.8 Å². The van der Waals surface area contributed by atoms with Crippen LogP contribution in [0.2, 0.25) is 0 Å². The molecular weight excluding hydrogens is 284 g/mol. The average molecular weight is 312 g/mol. The Labute approximate surface area is 140 Å². The van der Waals surface area contributed by atoms with E-state index in [-0.39, 0.29) is 5.60 Å². The maximum atomic E-state index is 5.81. The van der Waals surface area contributed by atoms with Crippen molar-refractivity contribution in [1.29, 1.82) is 0 Å². The minimum absolute atomic E-state index is 0.0486. The standard InChI is InChI=1S/C12H18O.C9H10O/c1-9-5-4-6-10-7-12(2,3)13-8-11(9)10;1-7-3-2-4-8-5-6-10-9(7)8/h6H,4-5,7-8H2,1-3H3;2-4H,5-6H2,1H3. The topological polar surface area (TPSA) is 18.5 Å². The van der Waals surface area contributed by atoms with E-state index >= 15 is 0 Å². The Hall–Kier alpha value is -1.54. The van der Waals surface area contributed by atoms with Crippen molar-refractivity contribution in [2.45, 2.75) is 59.0 Å². The van der Waals surface area contributed by atoms with Crippen LogP contribution in [0.5, 0.6) is 5.75 Å². The first-order valence-electron chi connectivity index (χ1n) is 8.69. The normalized spacial score (nSPS) is 21.5. The molecule has 0 unspecified atom stereocenters. The zero-order chi connectivity index (χ0) is 16.4. The number of rotatable bonds is 0. The Morgan fingerprint density at radius 1 is 1.09 bits per heavy atom. The number of hydrogen-bond donors (Lipinski definition) is 0. The smallest absolute Gasteiger partial charge is 0.125 e. The van der Waals surface area contributed by atoms with Gasteiger partial charge in [0.05, 0.1) is 18.8 Å². The predicted molar refractivity (Wildman–Crippen MR) is 95.0 cm³/mol. The summed E-state index contributed by atoms with van der Waals surface area (Å²) in [7, 11) is 0. The Kier molecular flexibility index (Phi) is 4.63. The number of fused-ring (bicyclic) bond motifs is 2. The van der Waals surface area contributed by atoms with E-state index in [1.54, 1.807) is 5.57 Å². The summed E-state index contributed by atoms with van der Waals surface area (Å²) in [5.41, 5.74) is 7.22. The molecule has 0 spiro atoms. The molecule has 0 atom stereocenters. The predicted octanol–water partition coefficient (Wildman–Crippen LogP) is 5.15. The first kappa shape index (κ1) is 16.3. The van der Waals surface area contributed by atoms with Crippen LogP contribution >= 0.6 is 0 Å². The molecule has 1 aliphatic carbocycles. The third-order valence-electron chi connectivity index (χ3n) is 4.95. The van der Waals surface area contributed by atoms with Gasteiger partial charge in [0, 0.05) is 12.8 Å². The van der Waals surface area contributed by atoms with Gasteiger partial charge in [-0.1, -0.05) is 29.8 Å². The van der Waals surface area contributed by atoms with E-state index in [0.29, 0.717) is 0 Å². The number of aryl methyl sites for hydroxylation is 1. The molecule has 0 radical (unpaired) electrons. The molecule has 2 heterocycles. The molecule has 1 saturated heterocycles. The van der Waals surface area contributed by atoms with Crippen molar-refractivity contribution >= 4 is 0 Å². The average Bonchev–Trinajstić information content (AvgIpc) is 2.97. The molecule has 0 aromatic heterocycles. The van der Waals surface area contributed by atoms with E-state index in [0.717, 1.165) is 31.8 Å². The summed E-state index contributed by atoms with van der Waals surface area (Å²) in [4.78, 5) is 0. The highest BCUT2D eigenvalue weighted by Gasteiger charge is 2.29. The van der Waals surface area contributed by atoms with Gasteiger partial charge < -0.3 is 9.47 Å². The Bertz CT molecular complexity index is 650. The first-order valence-corrected chi connectivity index (χ1v) is 8.69. The van der Waals surface area contributed by atoms with Gasteiger partial charge in [-0.2, -0.15) is 0 Å². The van der Waals surface area contributed by atoms with Crippen molar-refractivity contribution in [2.75, 3.05) is 13.2 Å². The molecule has 2 heteroatoms. The Balaban J connectivity index is 0.000000140. The van der Waals surface area contributed by atoms with Crippen molar-refractivity contribution < 1.29 is 9.47 Å². The lowest BCUT2D eigenvalue weighted by atomic mass is 9.83. The summed E-state index contributed by atoms with van der Waals surface area (Å²) in [5, 5.41) is 0. The molecule has 0 saturated carbocycles. The summed E-state index contributed by atoms with van der Waals surface area (Å²) in [5.74, 6) is 1.11. The third kappa shape index (κ3) is 3.69. The van der Waals surface area contributed by atoms with E-state index < -0.39 is 0 Å². The minimum atomic E-state index is 0.0486. The fraction of sp³-hybridized carbons (Fsp3) is 0.524. The van der Waals surface area contributed by atoms with Crippen molar-refractivity contribution in [1.82, 2.24) is 0 Å². The summed E-state index contributed by atoms with van der Waals surface area (Å²) < 4.78 is 11.2. The van der Waals surface area contributed by atoms with Gasteiger partial charge in [-0.3, -0.25) is 0 Å². The monoisotopic (exact) mass is 312 g/mol. The second-order valence-corrected chi connectivity index (χ2v) is 7.41. The molecular formula is C21H28O2. The highest BCUT2D eigenvalue weighted by molar-refractivity contribution is 5.43. The zero-order valence-electron chi connectivity index (χ0n) is 14.9. The van der Waals surface area contributed by atoms with Gasteiger partial charge >= 0.3 is 0 Å². The van der Waals surface area contributed by atoms with Crippen molar-refractivity contribution in [3.8, 4) is 5.75 Å². The number of para-hydroxylation sites is 1. The largest absolute Gasteiger partial charge is 0.493 e. The summed E-state index contributed by atoms with van der Waals surface area (Å²) >= 11 is 0. The van der Waals surface area contributed by atoms with Crippen LogP contribution in [0.3, 0.4) is 0 Å². The second kappa shape index (κ2) is 6.52. The van der Waals surface area contributed by atoms with Gasteiger partial charge in [0.25, 0.3) is 0 Å². The summed E-state index contributed by atoms with van der Waals surface area (Å²) in [6.45, 7) is 10.4. The molecule has 3 aliphatic rings. The Morgan fingerprint density at radius 2 is 1.91 bits per heavy atom. The van der Waals surface area contributed by atoms with Gasteiger partial charge in [0.1, 0.15) is 5.75 Å². The van der Waals surface area contributed by atoms with Gasteiger partial charge in [-0.25, -0.2) is 0 Å². The SMILES string of the molecule is CC1=C2COC(C)(C)CC2=CCC1.Cc1cccc2c1OCC2. The minimum Gasteiger partial charge on any atom is -0.493 e. The molecule has 1 aromatic carbocycles. The van der Waals surface area contributed by atoms with Gasteiger partial charge in [-0.05, 0) is 62.8 Å². The third-order valence-corrected chi connectivity index (χ3v) is 4.95. The van der Waals surface area contributed by atoms with Crippen LogP contribution < -0.4 is 4.74 Å². The number of ether oxygens (including phenoxy) is 2. The lowest BCUT2D eigenvalue weighted by molar-refractivity contribution is -0.0164. The highest BCUT2D eigenvalue weighted by atomic mass is 16.5. The zero-order valence-corrected chi connectivity index (χ0v) is 14.9. The van der Waals surface area contributed by atoms with Crippen molar-refractivity contribution in [2.24, 2.45) is 0 Å². The van der Waals surface area contributed by atoms with Gasteiger partial charge in [0.2, 0.25) is 0 Å². The number of benzene rings is 1. The van der Waals surface area contributed by atoms with Crippen molar-refractivity contribution in [3.63, 3.8) is 0 Å². The molecule has 0 amide bonds. The fourth-order valence-corrected chi connectivity index (χ4v) is 3.56. The summed E-state index contributed by atoms with van der Waals surface area (Å²) in [6.07, 6.45) is 7.01. The summed E-state index contributed by atoms with van der Waals surface area (Å²) in [6, 6.07) is 6.31. The van der Waals surface area contributed by atoms with Crippen molar-refractivity contribution in [3.05, 3.63) is 52.1 Å². The number of hydrogen-bond acceptors (Lipinski definition) is 2. The fourth-order valence-electron chi connectivity index (χ4n) is 3.56. The maximum Gasteiger partial charge on any atom is 0.125 e. The molecule has 0 bridgehead atoms.